The quantitative estimate of drug-likeness (QED) is 0.762. The molecule has 0 spiro atoms. The summed E-state index contributed by atoms with van der Waals surface area (Å²) in [6.45, 7) is 2.20. The van der Waals surface area contributed by atoms with Gasteiger partial charge < -0.3 is 10.1 Å². The average molecular weight is 355 g/mol. The molecule has 134 valence electrons. The first-order valence-corrected chi connectivity index (χ1v) is 8.60. The molecule has 6 heteroatoms. The first-order chi connectivity index (χ1) is 12.7. The van der Waals surface area contributed by atoms with Crippen LogP contribution >= 0.6 is 0 Å². The summed E-state index contributed by atoms with van der Waals surface area (Å²) < 4.78 is 34.8. The smallest absolute Gasteiger partial charge is 0.132 e. The molecule has 0 aliphatic carbocycles. The maximum atomic E-state index is 14.0. The minimum atomic E-state index is -0.574. The highest BCUT2D eigenvalue weighted by molar-refractivity contribution is 5.31. The predicted octanol–water partition coefficient (Wildman–Crippen LogP) is 3.43. The topological polar surface area (TPSA) is 39.1 Å². The Morgan fingerprint density at radius 3 is 2.77 bits per heavy atom. The summed E-state index contributed by atoms with van der Waals surface area (Å²) in [4.78, 5) is 0. The van der Waals surface area contributed by atoms with Crippen LogP contribution in [-0.4, -0.2) is 16.3 Å². The summed E-state index contributed by atoms with van der Waals surface area (Å²) in [6, 6.07) is 13.2. The van der Waals surface area contributed by atoms with E-state index in [1.54, 1.807) is 0 Å². The molecule has 0 bridgehead atoms. The molecule has 0 amide bonds. The molecule has 0 radical (unpaired) electrons. The number of aromatic nitrogens is 2. The van der Waals surface area contributed by atoms with Crippen LogP contribution in [0.25, 0.3) is 0 Å². The van der Waals surface area contributed by atoms with Gasteiger partial charge in [0, 0.05) is 42.4 Å². The van der Waals surface area contributed by atoms with Gasteiger partial charge in [-0.05, 0) is 18.2 Å². The van der Waals surface area contributed by atoms with Crippen LogP contribution in [0.15, 0.2) is 48.5 Å². The van der Waals surface area contributed by atoms with E-state index in [0.717, 1.165) is 41.7 Å². The van der Waals surface area contributed by atoms with E-state index in [0.29, 0.717) is 18.7 Å². The van der Waals surface area contributed by atoms with Gasteiger partial charge in [0.25, 0.3) is 0 Å². The fourth-order valence-electron chi connectivity index (χ4n) is 3.22. The van der Waals surface area contributed by atoms with Crippen molar-refractivity contribution in [2.75, 3.05) is 6.54 Å². The summed E-state index contributed by atoms with van der Waals surface area (Å²) in [5.41, 5.74) is 3.46. The Bertz CT molecular complexity index is 909. The van der Waals surface area contributed by atoms with Crippen molar-refractivity contribution in [3.05, 3.63) is 82.7 Å². The molecule has 0 saturated carbocycles. The monoisotopic (exact) mass is 355 g/mol. The zero-order valence-electron chi connectivity index (χ0n) is 14.2. The number of nitrogens with one attached hydrogen (secondary N) is 1. The Kier molecular flexibility index (Phi) is 4.67. The van der Waals surface area contributed by atoms with Crippen LogP contribution in [0.1, 0.15) is 22.5 Å². The lowest BCUT2D eigenvalue weighted by molar-refractivity contribution is 0.298. The SMILES string of the molecule is Fc1ccc(Cn2nc(COc3ccccc3)c3c2CCNC3)c(F)c1. The van der Waals surface area contributed by atoms with Crippen LogP contribution in [0.4, 0.5) is 8.78 Å². The van der Waals surface area contributed by atoms with Gasteiger partial charge in [-0.3, -0.25) is 4.68 Å². The molecule has 26 heavy (non-hydrogen) atoms. The van der Waals surface area contributed by atoms with Crippen molar-refractivity contribution < 1.29 is 13.5 Å². The molecule has 0 fully saturated rings. The Balaban J connectivity index is 1.60. The second-order valence-corrected chi connectivity index (χ2v) is 6.29. The first-order valence-electron chi connectivity index (χ1n) is 8.60. The number of ether oxygens (including phenoxy) is 1. The van der Waals surface area contributed by atoms with E-state index in [4.69, 9.17) is 4.74 Å². The van der Waals surface area contributed by atoms with E-state index in [-0.39, 0.29) is 6.54 Å². The molecule has 0 unspecified atom stereocenters. The number of fused-ring (bicyclic) bond motifs is 1. The van der Waals surface area contributed by atoms with E-state index < -0.39 is 11.6 Å². The van der Waals surface area contributed by atoms with Crippen LogP contribution in [0.3, 0.4) is 0 Å². The highest BCUT2D eigenvalue weighted by Crippen LogP contribution is 2.22. The molecule has 2 heterocycles. The minimum Gasteiger partial charge on any atom is -0.487 e. The molecule has 1 aliphatic heterocycles. The number of hydrogen-bond acceptors (Lipinski definition) is 3. The van der Waals surface area contributed by atoms with E-state index >= 15 is 0 Å². The van der Waals surface area contributed by atoms with Crippen molar-refractivity contribution in [2.45, 2.75) is 26.1 Å². The number of hydrogen-bond donors (Lipinski definition) is 1. The molecule has 4 rings (SSSR count). The van der Waals surface area contributed by atoms with Gasteiger partial charge in [0.15, 0.2) is 0 Å². The van der Waals surface area contributed by atoms with Crippen LogP contribution < -0.4 is 10.1 Å². The number of rotatable bonds is 5. The van der Waals surface area contributed by atoms with Crippen molar-refractivity contribution in [3.8, 4) is 5.75 Å². The molecule has 1 N–H and O–H groups in total. The van der Waals surface area contributed by atoms with Crippen LogP contribution in [0.5, 0.6) is 5.75 Å². The normalized spacial score (nSPS) is 13.5. The van der Waals surface area contributed by atoms with E-state index in [2.05, 4.69) is 10.4 Å². The summed E-state index contributed by atoms with van der Waals surface area (Å²) in [5.74, 6) is -0.343. The van der Waals surface area contributed by atoms with Gasteiger partial charge in [-0.15, -0.1) is 0 Å². The van der Waals surface area contributed by atoms with Crippen LogP contribution in [0.2, 0.25) is 0 Å². The molecule has 3 aromatic rings. The Labute approximate surface area is 150 Å². The third-order valence-corrected chi connectivity index (χ3v) is 4.54. The highest BCUT2D eigenvalue weighted by atomic mass is 19.1. The predicted molar refractivity (Wildman–Crippen MR) is 93.9 cm³/mol. The van der Waals surface area contributed by atoms with Gasteiger partial charge in [0.2, 0.25) is 0 Å². The van der Waals surface area contributed by atoms with Gasteiger partial charge >= 0.3 is 0 Å². The molecular weight excluding hydrogens is 336 g/mol. The maximum Gasteiger partial charge on any atom is 0.132 e. The average Bonchev–Trinajstić information content (AvgIpc) is 3.01. The molecule has 0 saturated heterocycles. The third kappa shape index (κ3) is 3.46. The lowest BCUT2D eigenvalue weighted by Crippen LogP contribution is -2.25. The number of halogens is 2. The summed E-state index contributed by atoms with van der Waals surface area (Å²) in [6.07, 6.45) is 0.816. The standard InChI is InChI=1S/C20H19F2N3O/c21-15-7-6-14(18(22)10-15)12-25-20-8-9-23-11-17(20)19(24-25)13-26-16-4-2-1-3-5-16/h1-7,10,23H,8-9,11-13H2. The van der Waals surface area contributed by atoms with E-state index in [1.807, 2.05) is 35.0 Å². The molecular formula is C20H19F2N3O. The molecule has 4 nitrogen and oxygen atoms in total. The molecule has 1 aliphatic rings. The summed E-state index contributed by atoms with van der Waals surface area (Å²) >= 11 is 0. The molecule has 1 aromatic heterocycles. The van der Waals surface area contributed by atoms with Gasteiger partial charge in [-0.25, -0.2) is 8.78 Å². The number of nitrogens with zero attached hydrogens (tertiary/aromatic N) is 2. The fourth-order valence-corrected chi connectivity index (χ4v) is 3.22. The van der Waals surface area contributed by atoms with Crippen LogP contribution in [0, 0.1) is 11.6 Å². The van der Waals surface area contributed by atoms with Crippen molar-refractivity contribution in [2.24, 2.45) is 0 Å². The van der Waals surface area contributed by atoms with E-state index in [1.165, 1.54) is 12.1 Å². The first kappa shape index (κ1) is 16.7. The van der Waals surface area contributed by atoms with Crippen molar-refractivity contribution in [1.29, 1.82) is 0 Å². The van der Waals surface area contributed by atoms with E-state index in [9.17, 15) is 8.78 Å². The van der Waals surface area contributed by atoms with Crippen molar-refractivity contribution >= 4 is 0 Å². The zero-order chi connectivity index (χ0) is 17.9. The number of benzene rings is 2. The largest absolute Gasteiger partial charge is 0.487 e. The van der Waals surface area contributed by atoms with Crippen molar-refractivity contribution in [1.82, 2.24) is 15.1 Å². The van der Waals surface area contributed by atoms with Gasteiger partial charge in [-0.1, -0.05) is 24.3 Å². The lowest BCUT2D eigenvalue weighted by Gasteiger charge is -2.16. The summed E-state index contributed by atoms with van der Waals surface area (Å²) in [7, 11) is 0. The van der Waals surface area contributed by atoms with Crippen molar-refractivity contribution in [3.63, 3.8) is 0 Å². The van der Waals surface area contributed by atoms with Gasteiger partial charge in [0.1, 0.15) is 29.7 Å². The Hall–Kier alpha value is -2.73. The minimum absolute atomic E-state index is 0.278. The Morgan fingerprint density at radius 1 is 1.12 bits per heavy atom. The zero-order valence-corrected chi connectivity index (χ0v) is 14.2. The Morgan fingerprint density at radius 2 is 1.96 bits per heavy atom. The highest BCUT2D eigenvalue weighted by Gasteiger charge is 2.21. The second-order valence-electron chi connectivity index (χ2n) is 6.29. The maximum absolute atomic E-state index is 14.0. The van der Waals surface area contributed by atoms with Crippen LogP contribution in [-0.2, 0) is 26.1 Å². The number of para-hydroxylation sites is 1. The van der Waals surface area contributed by atoms with Gasteiger partial charge in [0.05, 0.1) is 6.54 Å². The lowest BCUT2D eigenvalue weighted by atomic mass is 10.1. The molecule has 2 aromatic carbocycles. The summed E-state index contributed by atoms with van der Waals surface area (Å²) in [5, 5.41) is 8.00. The fraction of sp³-hybridized carbons (Fsp3) is 0.250. The molecule has 0 atom stereocenters. The third-order valence-electron chi connectivity index (χ3n) is 4.54. The second kappa shape index (κ2) is 7.25. The van der Waals surface area contributed by atoms with Gasteiger partial charge in [-0.2, -0.15) is 5.10 Å².